The lowest BCUT2D eigenvalue weighted by Crippen LogP contribution is -2.10. The maximum Gasteiger partial charge on any atom is 0.368 e. The van der Waals surface area contributed by atoms with Crippen LogP contribution in [0.1, 0.15) is 28.4 Å². The van der Waals surface area contributed by atoms with E-state index in [0.29, 0.717) is 34.2 Å². The number of hydrogen-bond donors (Lipinski definition) is 0. The number of nitrogens with zero attached hydrogens (tertiary/aromatic N) is 1. The van der Waals surface area contributed by atoms with Crippen molar-refractivity contribution in [2.75, 3.05) is 6.61 Å². The molecule has 0 saturated heterocycles. The van der Waals surface area contributed by atoms with Crippen LogP contribution in [0.5, 0.6) is 11.5 Å². The lowest BCUT2D eigenvalue weighted by molar-refractivity contribution is -0.136. The molecular formula is C25H18ClNO5. The van der Waals surface area contributed by atoms with Crippen LogP contribution in [-0.4, -0.2) is 24.3 Å². The summed E-state index contributed by atoms with van der Waals surface area (Å²) >= 11 is 6.09. The summed E-state index contributed by atoms with van der Waals surface area (Å²) in [6.07, 6.45) is 1.66. The monoisotopic (exact) mass is 447 g/mol. The zero-order valence-corrected chi connectivity index (χ0v) is 17.8. The summed E-state index contributed by atoms with van der Waals surface area (Å²) in [5, 5.41) is 4.20. The maximum absolute atomic E-state index is 12.5. The average Bonchev–Trinajstić information content (AvgIpc) is 3.16. The third-order valence-corrected chi connectivity index (χ3v) is 4.95. The summed E-state index contributed by atoms with van der Waals surface area (Å²) in [6.45, 7) is 2.18. The molecule has 0 radical (unpaired) electrons. The van der Waals surface area contributed by atoms with Gasteiger partial charge in [0.25, 0.3) is 0 Å². The van der Waals surface area contributed by atoms with Crippen molar-refractivity contribution >= 4 is 35.3 Å². The molecule has 160 valence electrons. The molecule has 4 rings (SSSR count). The van der Waals surface area contributed by atoms with Gasteiger partial charge in [0.05, 0.1) is 22.8 Å². The zero-order valence-electron chi connectivity index (χ0n) is 17.1. The van der Waals surface area contributed by atoms with E-state index >= 15 is 0 Å². The number of ether oxygens (including phenoxy) is 2. The summed E-state index contributed by atoms with van der Waals surface area (Å²) in [4.78, 5) is 29.7. The fraction of sp³-hybridized carbons (Fsp3) is 0.0800. The first kappa shape index (κ1) is 21.3. The Morgan fingerprint density at radius 2 is 1.78 bits per heavy atom. The molecule has 3 aromatic rings. The molecule has 0 fully saturated rings. The Hall–Kier alpha value is -3.90. The van der Waals surface area contributed by atoms with Crippen LogP contribution in [0, 0.1) is 0 Å². The normalized spacial score (nSPS) is 14.1. The second kappa shape index (κ2) is 9.49. The van der Waals surface area contributed by atoms with Crippen molar-refractivity contribution in [1.82, 2.24) is 0 Å². The van der Waals surface area contributed by atoms with Gasteiger partial charge in [0.15, 0.2) is 11.5 Å². The molecule has 0 aromatic heterocycles. The molecule has 1 heterocycles. The first-order chi connectivity index (χ1) is 15.6. The minimum absolute atomic E-state index is 0.241. The van der Waals surface area contributed by atoms with Gasteiger partial charge in [-0.25, -0.2) is 9.59 Å². The quantitative estimate of drug-likeness (QED) is 0.222. The first-order valence-corrected chi connectivity index (χ1v) is 10.2. The summed E-state index contributed by atoms with van der Waals surface area (Å²) in [5.41, 5.74) is 2.44. The highest BCUT2D eigenvalue weighted by atomic mass is 35.5. The molecule has 0 aliphatic carbocycles. The molecule has 0 bridgehead atoms. The summed E-state index contributed by atoms with van der Waals surface area (Å²) in [6, 6.07) is 20.9. The topological polar surface area (TPSA) is 74.2 Å². The summed E-state index contributed by atoms with van der Waals surface area (Å²) in [7, 11) is 0. The summed E-state index contributed by atoms with van der Waals surface area (Å²) in [5.74, 6) is -0.548. The van der Waals surface area contributed by atoms with Gasteiger partial charge in [0, 0.05) is 5.56 Å². The maximum atomic E-state index is 12.5. The number of benzene rings is 3. The number of carbonyl (C=O) groups excluding carboxylic acids is 2. The Bertz CT molecular complexity index is 1230. The van der Waals surface area contributed by atoms with Crippen LogP contribution in [0.15, 0.2) is 83.5 Å². The van der Waals surface area contributed by atoms with Gasteiger partial charge in [-0.3, -0.25) is 0 Å². The Morgan fingerprint density at radius 1 is 1.03 bits per heavy atom. The smallest absolute Gasteiger partial charge is 0.368 e. The molecule has 0 N–H and O–H groups in total. The van der Waals surface area contributed by atoms with Crippen molar-refractivity contribution in [1.29, 1.82) is 0 Å². The van der Waals surface area contributed by atoms with Crippen LogP contribution >= 0.6 is 11.6 Å². The Kier molecular flexibility index (Phi) is 6.33. The number of halogens is 1. The molecule has 3 aromatic carbocycles. The molecular weight excluding hydrogens is 430 g/mol. The number of esters is 1. The minimum Gasteiger partial charge on any atom is -0.490 e. The molecule has 1 aliphatic rings. The predicted octanol–water partition coefficient (Wildman–Crippen LogP) is 5.30. The van der Waals surface area contributed by atoms with Crippen molar-refractivity contribution in [2.24, 2.45) is 5.16 Å². The molecule has 6 nitrogen and oxygen atoms in total. The number of hydrogen-bond acceptors (Lipinski definition) is 6. The minimum atomic E-state index is -0.597. The van der Waals surface area contributed by atoms with E-state index < -0.39 is 11.9 Å². The second-order valence-corrected chi connectivity index (χ2v) is 7.16. The van der Waals surface area contributed by atoms with E-state index in [1.807, 2.05) is 37.3 Å². The first-order valence-electron chi connectivity index (χ1n) is 9.87. The molecule has 32 heavy (non-hydrogen) atoms. The SMILES string of the molecule is CCOc1cc(C=C2C(=O)ON=C2c2ccccc2)ccc1OC(=O)c1ccccc1Cl. The van der Waals surface area contributed by atoms with Gasteiger partial charge in [-0.05, 0) is 42.8 Å². The third-order valence-electron chi connectivity index (χ3n) is 4.62. The number of oxime groups is 1. The van der Waals surface area contributed by atoms with Gasteiger partial charge in [0.1, 0.15) is 5.71 Å². The fourth-order valence-corrected chi connectivity index (χ4v) is 3.34. The van der Waals surface area contributed by atoms with E-state index in [0.717, 1.165) is 5.56 Å². The van der Waals surface area contributed by atoms with Gasteiger partial charge < -0.3 is 14.3 Å². The van der Waals surface area contributed by atoms with Crippen LogP contribution in [-0.2, 0) is 9.63 Å². The van der Waals surface area contributed by atoms with Crippen LogP contribution in [0.4, 0.5) is 0 Å². The van der Waals surface area contributed by atoms with Crippen LogP contribution < -0.4 is 9.47 Å². The predicted molar refractivity (Wildman–Crippen MR) is 121 cm³/mol. The van der Waals surface area contributed by atoms with Crippen molar-refractivity contribution in [3.05, 3.63) is 100 Å². The van der Waals surface area contributed by atoms with Gasteiger partial charge in [-0.2, -0.15) is 0 Å². The van der Waals surface area contributed by atoms with E-state index in [4.69, 9.17) is 25.9 Å². The van der Waals surface area contributed by atoms with Crippen LogP contribution in [0.25, 0.3) is 6.08 Å². The Morgan fingerprint density at radius 3 is 2.53 bits per heavy atom. The lowest BCUT2D eigenvalue weighted by Gasteiger charge is -2.12. The van der Waals surface area contributed by atoms with E-state index in [2.05, 4.69) is 5.16 Å². The van der Waals surface area contributed by atoms with Crippen molar-refractivity contribution < 1.29 is 23.9 Å². The molecule has 7 heteroatoms. The zero-order chi connectivity index (χ0) is 22.5. The van der Waals surface area contributed by atoms with E-state index in [1.165, 1.54) is 0 Å². The van der Waals surface area contributed by atoms with Gasteiger partial charge in [0.2, 0.25) is 0 Å². The van der Waals surface area contributed by atoms with Crippen molar-refractivity contribution in [2.45, 2.75) is 6.92 Å². The lowest BCUT2D eigenvalue weighted by atomic mass is 10.0. The highest BCUT2D eigenvalue weighted by Crippen LogP contribution is 2.31. The van der Waals surface area contributed by atoms with E-state index in [-0.39, 0.29) is 11.3 Å². The highest BCUT2D eigenvalue weighted by molar-refractivity contribution is 6.33. The van der Waals surface area contributed by atoms with Crippen LogP contribution in [0.3, 0.4) is 0 Å². The Labute approximate surface area is 189 Å². The molecule has 0 atom stereocenters. The van der Waals surface area contributed by atoms with Crippen molar-refractivity contribution in [3.8, 4) is 11.5 Å². The number of rotatable bonds is 6. The van der Waals surface area contributed by atoms with Crippen molar-refractivity contribution in [3.63, 3.8) is 0 Å². The standard InChI is InChI=1S/C25H18ClNO5/c1-2-30-22-15-16(12-13-21(22)31-24(28)18-10-6-7-11-20(18)26)14-19-23(27-32-25(19)29)17-8-4-3-5-9-17/h3-15H,2H2,1H3. The average molecular weight is 448 g/mol. The van der Waals surface area contributed by atoms with Gasteiger partial charge in [-0.1, -0.05) is 65.3 Å². The Balaban J connectivity index is 1.64. The van der Waals surface area contributed by atoms with E-state index in [9.17, 15) is 9.59 Å². The second-order valence-electron chi connectivity index (χ2n) is 6.75. The van der Waals surface area contributed by atoms with Crippen LogP contribution in [0.2, 0.25) is 5.02 Å². The van der Waals surface area contributed by atoms with Gasteiger partial charge in [-0.15, -0.1) is 0 Å². The fourth-order valence-electron chi connectivity index (χ4n) is 3.13. The van der Waals surface area contributed by atoms with Gasteiger partial charge >= 0.3 is 11.9 Å². The highest BCUT2D eigenvalue weighted by Gasteiger charge is 2.27. The molecule has 1 aliphatic heterocycles. The molecule has 0 saturated carbocycles. The molecule has 0 spiro atoms. The summed E-state index contributed by atoms with van der Waals surface area (Å²) < 4.78 is 11.2. The van der Waals surface area contributed by atoms with E-state index in [1.54, 1.807) is 48.5 Å². The molecule has 0 amide bonds. The third kappa shape index (κ3) is 4.55. The number of carbonyl (C=O) groups is 2. The largest absolute Gasteiger partial charge is 0.490 e. The molecule has 0 unspecified atom stereocenters.